The molecular weight excluding hydrogens is 634 g/mol. The molecule has 14 heteroatoms. The molecule has 0 saturated carbocycles. The number of fused-ring (bicyclic) bond motifs is 1. The molecule has 0 bridgehead atoms. The number of hydrogen-bond donors (Lipinski definition) is 2. The Morgan fingerprint density at radius 2 is 1.65 bits per heavy atom. The average Bonchev–Trinajstić information content (AvgIpc) is 3.58. The number of hydrogen-bond acceptors (Lipinski definition) is 9. The van der Waals surface area contributed by atoms with Gasteiger partial charge in [0.05, 0.1) is 18.7 Å². The smallest absolute Gasteiger partial charge is 0.409 e. The predicted octanol–water partition coefficient (Wildman–Crippen LogP) is 2.87. The Balaban J connectivity index is 1.25. The van der Waals surface area contributed by atoms with Crippen LogP contribution in [0.15, 0.2) is 54.6 Å². The summed E-state index contributed by atoms with van der Waals surface area (Å²) in [7, 11) is 0. The fourth-order valence-electron chi connectivity index (χ4n) is 5.83. The van der Waals surface area contributed by atoms with Gasteiger partial charge in [-0.1, -0.05) is 30.3 Å². The summed E-state index contributed by atoms with van der Waals surface area (Å²) in [6.45, 7) is 5.47. The van der Waals surface area contributed by atoms with Gasteiger partial charge in [0.2, 0.25) is 5.91 Å². The number of benzene rings is 2. The number of aromatic nitrogens is 1. The summed E-state index contributed by atoms with van der Waals surface area (Å²) in [5, 5.41) is 12.6. The lowest BCUT2D eigenvalue weighted by molar-refractivity contribution is -0.138. The summed E-state index contributed by atoms with van der Waals surface area (Å²) in [4.78, 5) is 72.8. The van der Waals surface area contributed by atoms with Crippen molar-refractivity contribution in [3.8, 4) is 11.5 Å². The average molecular weight is 676 g/mol. The van der Waals surface area contributed by atoms with E-state index in [0.29, 0.717) is 30.4 Å². The Morgan fingerprint density at radius 3 is 2.39 bits per heavy atom. The van der Waals surface area contributed by atoms with Crippen LogP contribution in [0.5, 0.6) is 11.5 Å². The number of rotatable bonds is 12. The summed E-state index contributed by atoms with van der Waals surface area (Å²) in [5.74, 6) is -1.46. The van der Waals surface area contributed by atoms with E-state index in [-0.39, 0.29) is 75.7 Å². The van der Waals surface area contributed by atoms with E-state index in [4.69, 9.17) is 14.2 Å². The number of aliphatic carboxylic acids is 1. The minimum absolute atomic E-state index is 0.0609. The van der Waals surface area contributed by atoms with Crippen molar-refractivity contribution in [3.63, 3.8) is 0 Å². The maximum absolute atomic E-state index is 13.5. The zero-order valence-electron chi connectivity index (χ0n) is 27.6. The van der Waals surface area contributed by atoms with E-state index in [2.05, 4.69) is 10.3 Å². The van der Waals surface area contributed by atoms with Gasteiger partial charge in [-0.2, -0.15) is 0 Å². The largest absolute Gasteiger partial charge is 0.488 e. The molecule has 2 aromatic carbocycles. The van der Waals surface area contributed by atoms with Crippen LogP contribution in [0.4, 0.5) is 4.79 Å². The van der Waals surface area contributed by atoms with Gasteiger partial charge in [-0.05, 0) is 44.0 Å². The second-order valence-electron chi connectivity index (χ2n) is 11.9. The molecule has 4 amide bonds. The van der Waals surface area contributed by atoms with Gasteiger partial charge in [-0.15, -0.1) is 0 Å². The highest BCUT2D eigenvalue weighted by molar-refractivity contribution is 5.99. The van der Waals surface area contributed by atoms with Crippen LogP contribution in [-0.2, 0) is 19.1 Å². The number of piperazine rings is 1. The van der Waals surface area contributed by atoms with E-state index in [0.717, 1.165) is 11.3 Å². The SMILES string of the molecule is CCOC(=O)N1CCN(C(=O)[C@H](CCC(=O)O)NC(=O)c2cc(OCC(=O)N3CCC(Oc4ccccc4C)C3)c3ccccc3n2)CC1. The Bertz CT molecular complexity index is 1690. The van der Waals surface area contributed by atoms with E-state index in [1.807, 2.05) is 31.2 Å². The third kappa shape index (κ3) is 8.95. The van der Waals surface area contributed by atoms with Crippen molar-refractivity contribution in [2.24, 2.45) is 0 Å². The topological polar surface area (TPSA) is 168 Å². The van der Waals surface area contributed by atoms with Crippen LogP contribution in [0.1, 0.15) is 42.2 Å². The minimum atomic E-state index is -1.15. The van der Waals surface area contributed by atoms with Crippen LogP contribution < -0.4 is 14.8 Å². The number of likely N-dealkylation sites (tertiary alicyclic amines) is 1. The minimum Gasteiger partial charge on any atom is -0.488 e. The van der Waals surface area contributed by atoms with Gasteiger partial charge in [0, 0.05) is 57.0 Å². The summed E-state index contributed by atoms with van der Waals surface area (Å²) in [6, 6.07) is 15.0. The Hall–Kier alpha value is -5.40. The molecule has 3 heterocycles. The van der Waals surface area contributed by atoms with E-state index in [9.17, 15) is 29.1 Å². The first-order chi connectivity index (χ1) is 23.6. The quantitative estimate of drug-likeness (QED) is 0.291. The van der Waals surface area contributed by atoms with E-state index in [1.54, 1.807) is 36.1 Å². The van der Waals surface area contributed by atoms with Crippen LogP contribution in [0, 0.1) is 6.92 Å². The van der Waals surface area contributed by atoms with Gasteiger partial charge in [0.1, 0.15) is 29.3 Å². The standard InChI is InChI=1S/C35H41N5O9/c1-3-47-35(46)39-18-16-38(17-19-39)34(45)27(12-13-32(42)43)37-33(44)28-20-30(25-9-5-6-10-26(25)36-28)48-22-31(41)40-15-14-24(21-40)49-29-11-7-4-8-23(29)2/h4-11,20,24,27H,3,12-19,21-22H2,1-2H3,(H,37,44)(H,42,43)/t24?,27-/m0/s1. The molecule has 2 saturated heterocycles. The predicted molar refractivity (Wildman–Crippen MR) is 177 cm³/mol. The van der Waals surface area contributed by atoms with Crippen molar-refractivity contribution in [1.29, 1.82) is 0 Å². The molecule has 0 aliphatic carbocycles. The fourth-order valence-corrected chi connectivity index (χ4v) is 5.83. The molecule has 2 atom stereocenters. The lowest BCUT2D eigenvalue weighted by Crippen LogP contribution is -2.56. The number of pyridine rings is 1. The molecular formula is C35H41N5O9. The molecule has 1 aromatic heterocycles. The number of nitrogens with one attached hydrogen (secondary N) is 1. The van der Waals surface area contributed by atoms with Crippen molar-refractivity contribution in [2.75, 3.05) is 52.5 Å². The Morgan fingerprint density at radius 1 is 0.939 bits per heavy atom. The summed E-state index contributed by atoms with van der Waals surface area (Å²) < 4.78 is 17.1. The third-order valence-electron chi connectivity index (χ3n) is 8.51. The molecule has 0 spiro atoms. The van der Waals surface area contributed by atoms with Gasteiger partial charge in [-0.3, -0.25) is 19.2 Å². The second-order valence-corrected chi connectivity index (χ2v) is 11.9. The molecule has 14 nitrogen and oxygen atoms in total. The molecule has 2 N–H and O–H groups in total. The number of ether oxygens (including phenoxy) is 3. The third-order valence-corrected chi connectivity index (χ3v) is 8.51. The van der Waals surface area contributed by atoms with Crippen molar-refractivity contribution in [2.45, 2.75) is 45.3 Å². The normalized spacial score (nSPS) is 16.6. The monoisotopic (exact) mass is 675 g/mol. The summed E-state index contributed by atoms with van der Waals surface area (Å²) >= 11 is 0. The van der Waals surface area contributed by atoms with E-state index >= 15 is 0 Å². The first kappa shape index (κ1) is 34.9. The number of para-hydroxylation sites is 2. The van der Waals surface area contributed by atoms with Gasteiger partial charge in [0.15, 0.2) is 6.61 Å². The molecule has 0 radical (unpaired) electrons. The van der Waals surface area contributed by atoms with Crippen LogP contribution >= 0.6 is 0 Å². The second kappa shape index (κ2) is 16.1. The maximum atomic E-state index is 13.5. The van der Waals surface area contributed by atoms with Crippen LogP contribution in [0.2, 0.25) is 0 Å². The van der Waals surface area contributed by atoms with Gasteiger partial charge in [0.25, 0.3) is 11.8 Å². The zero-order valence-corrected chi connectivity index (χ0v) is 27.6. The number of aryl methyl sites for hydroxylation is 1. The molecule has 1 unspecified atom stereocenters. The molecule has 3 aromatic rings. The first-order valence-corrected chi connectivity index (χ1v) is 16.4. The summed E-state index contributed by atoms with van der Waals surface area (Å²) in [5.41, 5.74) is 1.40. The lowest BCUT2D eigenvalue weighted by Gasteiger charge is -2.35. The van der Waals surface area contributed by atoms with Crippen molar-refractivity contribution in [1.82, 2.24) is 25.0 Å². The van der Waals surface area contributed by atoms with Crippen molar-refractivity contribution < 1.29 is 43.3 Å². The number of carbonyl (C=O) groups excluding carboxylic acids is 4. The van der Waals surface area contributed by atoms with Crippen molar-refractivity contribution >= 4 is 40.7 Å². The van der Waals surface area contributed by atoms with Gasteiger partial charge < -0.3 is 39.3 Å². The van der Waals surface area contributed by atoms with Gasteiger partial charge >= 0.3 is 12.1 Å². The molecule has 49 heavy (non-hydrogen) atoms. The van der Waals surface area contributed by atoms with Crippen LogP contribution in [0.25, 0.3) is 10.9 Å². The number of carboxylic acids is 1. The zero-order chi connectivity index (χ0) is 34.9. The van der Waals surface area contributed by atoms with E-state index < -0.39 is 29.9 Å². The van der Waals surface area contributed by atoms with Crippen LogP contribution in [-0.4, -0.2) is 119 Å². The highest BCUT2D eigenvalue weighted by Crippen LogP contribution is 2.27. The Labute approximate surface area is 283 Å². The highest BCUT2D eigenvalue weighted by atomic mass is 16.6. The molecule has 2 fully saturated rings. The Kier molecular flexibility index (Phi) is 11.5. The van der Waals surface area contributed by atoms with Gasteiger partial charge in [-0.25, -0.2) is 9.78 Å². The van der Waals surface area contributed by atoms with Crippen molar-refractivity contribution in [3.05, 3.63) is 65.9 Å². The lowest BCUT2D eigenvalue weighted by atomic mass is 10.1. The fraction of sp³-hybridized carbons (Fsp3) is 0.429. The first-order valence-electron chi connectivity index (χ1n) is 16.4. The number of carboxylic acid groups (broad SMARTS) is 1. The molecule has 2 aliphatic rings. The summed E-state index contributed by atoms with van der Waals surface area (Å²) in [6.07, 6.45) is -0.419. The van der Waals surface area contributed by atoms with Crippen LogP contribution in [0.3, 0.4) is 0 Å². The number of amides is 4. The molecule has 5 rings (SSSR count). The molecule has 260 valence electrons. The maximum Gasteiger partial charge on any atom is 0.409 e. The molecule has 2 aliphatic heterocycles. The number of carbonyl (C=O) groups is 5. The number of nitrogens with zero attached hydrogens (tertiary/aromatic N) is 4. The highest BCUT2D eigenvalue weighted by Gasteiger charge is 2.32. The van der Waals surface area contributed by atoms with E-state index in [1.165, 1.54) is 15.9 Å².